The highest BCUT2D eigenvalue weighted by atomic mass is 32.2. The van der Waals surface area contributed by atoms with Gasteiger partial charge in [0.2, 0.25) is 5.89 Å². The van der Waals surface area contributed by atoms with E-state index >= 15 is 0 Å². The van der Waals surface area contributed by atoms with Crippen molar-refractivity contribution in [3.8, 4) is 11.5 Å². The second kappa shape index (κ2) is 7.97. The van der Waals surface area contributed by atoms with Gasteiger partial charge in [-0.1, -0.05) is 23.9 Å². The van der Waals surface area contributed by atoms with Gasteiger partial charge in [-0.05, 0) is 50.6 Å². The maximum atomic E-state index is 13.2. The van der Waals surface area contributed by atoms with Crippen LogP contribution in [0, 0.1) is 5.82 Å². The minimum atomic E-state index is -1.10. The second-order valence-electron chi connectivity index (χ2n) is 6.98. The minimum Gasteiger partial charge on any atom is -0.465 e. The van der Waals surface area contributed by atoms with Gasteiger partial charge in [0.05, 0.1) is 0 Å². The molecule has 28 heavy (non-hydrogen) atoms. The highest BCUT2D eigenvalue weighted by Crippen LogP contribution is 2.29. The Morgan fingerprint density at radius 3 is 2.71 bits per heavy atom. The summed E-state index contributed by atoms with van der Waals surface area (Å²) in [5.74, 6) is 0.711. The van der Waals surface area contributed by atoms with Crippen molar-refractivity contribution in [2.24, 2.45) is 0 Å². The van der Waals surface area contributed by atoms with Crippen molar-refractivity contribution in [2.45, 2.75) is 37.3 Å². The van der Waals surface area contributed by atoms with Crippen molar-refractivity contribution in [1.29, 1.82) is 0 Å². The molecule has 0 aliphatic rings. The smallest absolute Gasteiger partial charge is 0.413 e. The van der Waals surface area contributed by atoms with E-state index < -0.39 is 11.6 Å². The molecule has 1 aromatic carbocycles. The summed E-state index contributed by atoms with van der Waals surface area (Å²) < 4.78 is 18.9. The van der Waals surface area contributed by atoms with Gasteiger partial charge >= 0.3 is 6.09 Å². The van der Waals surface area contributed by atoms with Gasteiger partial charge in [0.25, 0.3) is 5.22 Å². The van der Waals surface area contributed by atoms with E-state index in [4.69, 9.17) is 4.42 Å². The summed E-state index contributed by atoms with van der Waals surface area (Å²) in [7, 11) is 0. The lowest BCUT2D eigenvalue weighted by atomic mass is 10.1. The minimum absolute atomic E-state index is 0.254. The summed E-state index contributed by atoms with van der Waals surface area (Å²) in [6, 6.07) is 9.56. The van der Waals surface area contributed by atoms with Gasteiger partial charge in [-0.3, -0.25) is 4.90 Å². The molecule has 3 rings (SSSR count). The van der Waals surface area contributed by atoms with Crippen LogP contribution >= 0.6 is 11.8 Å². The molecule has 1 N–H and O–H groups in total. The Bertz CT molecular complexity index is 987. The van der Waals surface area contributed by atoms with E-state index in [0.29, 0.717) is 16.5 Å². The third kappa shape index (κ3) is 4.66. The third-order valence-electron chi connectivity index (χ3n) is 3.74. The van der Waals surface area contributed by atoms with Crippen LogP contribution in [0.4, 0.5) is 15.0 Å². The van der Waals surface area contributed by atoms with Crippen LogP contribution in [0.1, 0.15) is 26.3 Å². The van der Waals surface area contributed by atoms with Crippen molar-refractivity contribution in [2.75, 3.05) is 4.90 Å². The van der Waals surface area contributed by atoms with Crippen molar-refractivity contribution in [3.63, 3.8) is 0 Å². The standard InChI is InChI=1S/C19H19FN4O3S/c1-19(2,3)24(18(25)26)15-10-13(7-8-21-15)16-22-23-17(27-16)28-11-12-5-4-6-14(20)9-12/h4-10H,11H2,1-3H3,(H,25,26). The van der Waals surface area contributed by atoms with E-state index in [1.807, 2.05) is 6.07 Å². The molecule has 0 bridgehead atoms. The topological polar surface area (TPSA) is 92.4 Å². The summed E-state index contributed by atoms with van der Waals surface area (Å²) in [6.07, 6.45) is 0.393. The van der Waals surface area contributed by atoms with E-state index in [-0.39, 0.29) is 17.5 Å². The van der Waals surface area contributed by atoms with E-state index in [1.54, 1.807) is 39.0 Å². The van der Waals surface area contributed by atoms with Crippen LogP contribution in [-0.2, 0) is 5.75 Å². The molecule has 146 valence electrons. The number of rotatable bonds is 5. The molecule has 0 aliphatic carbocycles. The zero-order valence-corrected chi connectivity index (χ0v) is 16.4. The van der Waals surface area contributed by atoms with Crippen molar-refractivity contribution < 1.29 is 18.7 Å². The number of benzene rings is 1. The van der Waals surface area contributed by atoms with Gasteiger partial charge in [-0.25, -0.2) is 14.2 Å². The Hall–Kier alpha value is -2.94. The van der Waals surface area contributed by atoms with Crippen LogP contribution in [0.15, 0.2) is 52.2 Å². The van der Waals surface area contributed by atoms with Crippen molar-refractivity contribution in [3.05, 3.63) is 54.0 Å². The molecule has 0 radical (unpaired) electrons. The van der Waals surface area contributed by atoms with Crippen LogP contribution in [0.2, 0.25) is 0 Å². The molecule has 0 atom stereocenters. The first-order chi connectivity index (χ1) is 13.2. The molecule has 0 aliphatic heterocycles. The number of hydrogen-bond donors (Lipinski definition) is 1. The monoisotopic (exact) mass is 402 g/mol. The molecule has 2 aromatic heterocycles. The number of halogens is 1. The van der Waals surface area contributed by atoms with Gasteiger partial charge in [0.15, 0.2) is 0 Å². The fourth-order valence-corrected chi connectivity index (χ4v) is 3.26. The molecular weight excluding hydrogens is 383 g/mol. The van der Waals surface area contributed by atoms with Crippen molar-refractivity contribution in [1.82, 2.24) is 15.2 Å². The van der Waals surface area contributed by atoms with E-state index in [9.17, 15) is 14.3 Å². The number of pyridine rings is 1. The Balaban J connectivity index is 1.79. The largest absolute Gasteiger partial charge is 0.465 e. The van der Waals surface area contributed by atoms with Gasteiger partial charge < -0.3 is 9.52 Å². The van der Waals surface area contributed by atoms with Gasteiger partial charge in [0.1, 0.15) is 11.6 Å². The number of nitrogens with zero attached hydrogens (tertiary/aromatic N) is 4. The third-order valence-corrected chi connectivity index (χ3v) is 4.63. The maximum Gasteiger partial charge on any atom is 0.413 e. The molecule has 7 nitrogen and oxygen atoms in total. The Labute approximate surface area is 165 Å². The second-order valence-corrected chi connectivity index (χ2v) is 7.91. The summed E-state index contributed by atoms with van der Waals surface area (Å²) in [5, 5.41) is 17.9. The van der Waals surface area contributed by atoms with Crippen LogP contribution < -0.4 is 4.90 Å². The lowest BCUT2D eigenvalue weighted by molar-refractivity contribution is 0.195. The Morgan fingerprint density at radius 1 is 1.25 bits per heavy atom. The Kier molecular flexibility index (Phi) is 5.64. The molecule has 9 heteroatoms. The molecule has 2 heterocycles. The number of thioether (sulfide) groups is 1. The predicted molar refractivity (Wildman–Crippen MR) is 104 cm³/mol. The van der Waals surface area contributed by atoms with Crippen LogP contribution in [-0.4, -0.2) is 31.9 Å². The zero-order chi connectivity index (χ0) is 20.3. The molecule has 0 fully saturated rings. The number of aromatic nitrogens is 3. The number of amides is 1. The highest BCUT2D eigenvalue weighted by Gasteiger charge is 2.29. The quantitative estimate of drug-likeness (QED) is 0.610. The first kappa shape index (κ1) is 19.8. The zero-order valence-electron chi connectivity index (χ0n) is 15.6. The SMILES string of the molecule is CC(C)(C)N(C(=O)O)c1cc(-c2nnc(SCc3cccc(F)c3)o2)ccn1. The van der Waals surface area contributed by atoms with Gasteiger partial charge in [-0.2, -0.15) is 0 Å². The highest BCUT2D eigenvalue weighted by molar-refractivity contribution is 7.98. The lowest BCUT2D eigenvalue weighted by Gasteiger charge is -2.32. The summed E-state index contributed by atoms with van der Waals surface area (Å²) in [4.78, 5) is 17.0. The summed E-state index contributed by atoms with van der Waals surface area (Å²) >= 11 is 1.29. The molecule has 0 saturated carbocycles. The average Bonchev–Trinajstić information content (AvgIpc) is 3.08. The predicted octanol–water partition coefficient (Wildman–Crippen LogP) is 4.85. The summed E-state index contributed by atoms with van der Waals surface area (Å²) in [5.41, 5.74) is 0.696. The fraction of sp³-hybridized carbons (Fsp3) is 0.263. The molecule has 3 aromatic rings. The van der Waals surface area contributed by atoms with Crippen LogP contribution in [0.25, 0.3) is 11.5 Å². The van der Waals surface area contributed by atoms with Crippen LogP contribution in [0.3, 0.4) is 0 Å². The first-order valence-corrected chi connectivity index (χ1v) is 9.43. The number of carbonyl (C=O) groups is 1. The normalized spacial score (nSPS) is 11.4. The summed E-state index contributed by atoms with van der Waals surface area (Å²) in [6.45, 7) is 5.34. The fourth-order valence-electron chi connectivity index (χ4n) is 2.56. The Morgan fingerprint density at radius 2 is 2.04 bits per heavy atom. The molecule has 1 amide bonds. The molecular formula is C19H19FN4O3S. The molecule has 0 unspecified atom stereocenters. The average molecular weight is 402 g/mol. The molecule has 0 spiro atoms. The lowest BCUT2D eigenvalue weighted by Crippen LogP contribution is -2.45. The van der Waals surface area contributed by atoms with Gasteiger partial charge in [0, 0.05) is 23.1 Å². The number of carboxylic acid groups (broad SMARTS) is 1. The maximum absolute atomic E-state index is 13.2. The van der Waals surface area contributed by atoms with Crippen LogP contribution in [0.5, 0.6) is 0 Å². The van der Waals surface area contributed by atoms with E-state index in [2.05, 4.69) is 15.2 Å². The number of anilines is 1. The number of hydrogen-bond acceptors (Lipinski definition) is 6. The van der Waals surface area contributed by atoms with E-state index in [0.717, 1.165) is 5.56 Å². The van der Waals surface area contributed by atoms with Gasteiger partial charge in [-0.15, -0.1) is 10.2 Å². The van der Waals surface area contributed by atoms with E-state index in [1.165, 1.54) is 35.0 Å². The first-order valence-electron chi connectivity index (χ1n) is 8.44. The van der Waals surface area contributed by atoms with Crippen molar-refractivity contribution >= 4 is 23.7 Å². The molecule has 0 saturated heterocycles.